The van der Waals surface area contributed by atoms with Gasteiger partial charge in [0.25, 0.3) is 0 Å². The standard InChI is InChI=1S/C22H29N5O4/c1-5-26-21-18(10-9-13-23-21)25(22(29)27(26)6-2)15-20(28)24-17-14-16(30-7-3)11-12-19(17)31-8-4/h9-14H,5-8,15H2,1-4H3,(H,24,28). The minimum atomic E-state index is -0.348. The topological polar surface area (TPSA) is 87.2 Å². The Bertz CT molecular complexity index is 936. The zero-order valence-corrected chi connectivity index (χ0v) is 18.4. The molecule has 0 radical (unpaired) electrons. The lowest BCUT2D eigenvalue weighted by Crippen LogP contribution is -2.58. The Morgan fingerprint density at radius 3 is 2.45 bits per heavy atom. The van der Waals surface area contributed by atoms with Crippen LogP contribution >= 0.6 is 0 Å². The molecular formula is C22H29N5O4. The third kappa shape index (κ3) is 4.65. The van der Waals surface area contributed by atoms with Crippen molar-refractivity contribution in [1.82, 2.24) is 9.99 Å². The van der Waals surface area contributed by atoms with Crippen LogP contribution in [0, 0.1) is 0 Å². The molecule has 0 spiro atoms. The zero-order valence-electron chi connectivity index (χ0n) is 18.4. The summed E-state index contributed by atoms with van der Waals surface area (Å²) < 4.78 is 11.2. The van der Waals surface area contributed by atoms with E-state index in [-0.39, 0.29) is 18.5 Å². The fourth-order valence-corrected chi connectivity index (χ4v) is 3.52. The van der Waals surface area contributed by atoms with E-state index in [1.54, 1.807) is 41.5 Å². The smallest absolute Gasteiger partial charge is 0.343 e. The number of fused-ring (bicyclic) bond motifs is 1. The molecule has 3 rings (SSSR count). The molecule has 0 aliphatic carbocycles. The van der Waals surface area contributed by atoms with Crippen LogP contribution in [0.1, 0.15) is 27.7 Å². The fraction of sp³-hybridized carbons (Fsp3) is 0.409. The van der Waals surface area contributed by atoms with E-state index in [1.165, 1.54) is 4.90 Å². The van der Waals surface area contributed by atoms with Crippen LogP contribution in [0.15, 0.2) is 36.5 Å². The summed E-state index contributed by atoms with van der Waals surface area (Å²) in [5, 5.41) is 6.27. The lowest BCUT2D eigenvalue weighted by molar-refractivity contribution is -0.114. The van der Waals surface area contributed by atoms with Gasteiger partial charge in [-0.25, -0.2) is 14.8 Å². The molecule has 9 heteroatoms. The number of rotatable bonds is 9. The summed E-state index contributed by atoms with van der Waals surface area (Å²) in [5.41, 5.74) is 1.10. The second kappa shape index (κ2) is 10.0. The SMILES string of the molecule is CCOc1ccc(OCC)c(NC(=O)CN2C(=O)N(CC)N(CC)c3ncccc32)c1. The number of hydrazine groups is 1. The highest BCUT2D eigenvalue weighted by Crippen LogP contribution is 2.34. The first-order valence-electron chi connectivity index (χ1n) is 10.5. The fourth-order valence-electron chi connectivity index (χ4n) is 3.52. The number of ether oxygens (including phenoxy) is 2. The Morgan fingerprint density at radius 2 is 1.77 bits per heavy atom. The number of aromatic nitrogens is 1. The third-order valence-electron chi connectivity index (χ3n) is 4.78. The van der Waals surface area contributed by atoms with Crippen LogP contribution in [-0.2, 0) is 4.79 Å². The second-order valence-electron chi connectivity index (χ2n) is 6.72. The van der Waals surface area contributed by atoms with Gasteiger partial charge in [0.1, 0.15) is 18.0 Å². The number of anilines is 3. The highest BCUT2D eigenvalue weighted by atomic mass is 16.5. The van der Waals surface area contributed by atoms with Gasteiger partial charge in [-0.3, -0.25) is 14.7 Å². The summed E-state index contributed by atoms with van der Waals surface area (Å²) in [6.45, 7) is 9.47. The first-order chi connectivity index (χ1) is 15.0. The van der Waals surface area contributed by atoms with Gasteiger partial charge in [-0.15, -0.1) is 0 Å². The monoisotopic (exact) mass is 427 g/mol. The summed E-state index contributed by atoms with van der Waals surface area (Å²) in [4.78, 5) is 32.0. The average molecular weight is 428 g/mol. The quantitative estimate of drug-likeness (QED) is 0.659. The van der Waals surface area contributed by atoms with E-state index in [2.05, 4.69) is 10.3 Å². The van der Waals surface area contributed by atoms with E-state index in [4.69, 9.17) is 9.47 Å². The van der Waals surface area contributed by atoms with E-state index in [9.17, 15) is 9.59 Å². The number of hydrogen-bond acceptors (Lipinski definition) is 6. The van der Waals surface area contributed by atoms with Crippen molar-refractivity contribution in [2.75, 3.05) is 48.1 Å². The Hall–Kier alpha value is -3.49. The molecule has 3 amide bonds. The Morgan fingerprint density at radius 1 is 1.03 bits per heavy atom. The van der Waals surface area contributed by atoms with Crippen molar-refractivity contribution in [3.8, 4) is 11.5 Å². The number of carbonyl (C=O) groups is 2. The molecule has 0 unspecified atom stereocenters. The van der Waals surface area contributed by atoms with Gasteiger partial charge in [-0.1, -0.05) is 0 Å². The second-order valence-corrected chi connectivity index (χ2v) is 6.72. The Labute approximate surface area is 182 Å². The van der Waals surface area contributed by atoms with Crippen molar-refractivity contribution >= 4 is 29.1 Å². The average Bonchev–Trinajstić information content (AvgIpc) is 2.77. The van der Waals surface area contributed by atoms with Crippen LogP contribution < -0.4 is 24.7 Å². The van der Waals surface area contributed by atoms with E-state index < -0.39 is 0 Å². The largest absolute Gasteiger partial charge is 0.494 e. The van der Waals surface area contributed by atoms with Crippen molar-refractivity contribution in [1.29, 1.82) is 0 Å². The van der Waals surface area contributed by atoms with Gasteiger partial charge in [0.15, 0.2) is 5.82 Å². The maximum absolute atomic E-state index is 13.1. The number of carbonyl (C=O) groups excluding carboxylic acids is 2. The number of hydrogen-bond donors (Lipinski definition) is 1. The van der Waals surface area contributed by atoms with Gasteiger partial charge in [-0.2, -0.15) is 0 Å². The maximum Gasteiger partial charge on any atom is 0.343 e. The normalized spacial score (nSPS) is 13.2. The van der Waals surface area contributed by atoms with Gasteiger partial charge < -0.3 is 14.8 Å². The van der Waals surface area contributed by atoms with Crippen molar-refractivity contribution in [2.24, 2.45) is 0 Å². The molecule has 1 aromatic carbocycles. The van der Waals surface area contributed by atoms with Gasteiger partial charge in [0, 0.05) is 25.4 Å². The van der Waals surface area contributed by atoms with Crippen LogP contribution in [0.5, 0.6) is 11.5 Å². The Balaban J connectivity index is 1.86. The molecule has 1 aliphatic rings. The van der Waals surface area contributed by atoms with Crippen LogP contribution in [0.25, 0.3) is 0 Å². The molecule has 0 saturated heterocycles. The highest BCUT2D eigenvalue weighted by Gasteiger charge is 2.36. The number of urea groups is 1. The molecule has 2 heterocycles. The molecule has 31 heavy (non-hydrogen) atoms. The van der Waals surface area contributed by atoms with E-state index >= 15 is 0 Å². The summed E-state index contributed by atoms with van der Waals surface area (Å²) in [6.07, 6.45) is 1.68. The summed E-state index contributed by atoms with van der Waals surface area (Å²) >= 11 is 0. The number of nitrogens with one attached hydrogen (secondary N) is 1. The van der Waals surface area contributed by atoms with Crippen LogP contribution in [0.3, 0.4) is 0 Å². The van der Waals surface area contributed by atoms with Gasteiger partial charge in [0.2, 0.25) is 5.91 Å². The van der Waals surface area contributed by atoms with Crippen molar-refractivity contribution in [3.05, 3.63) is 36.5 Å². The molecule has 2 aromatic rings. The van der Waals surface area contributed by atoms with Crippen LogP contribution in [0.4, 0.5) is 22.0 Å². The van der Waals surface area contributed by atoms with Gasteiger partial charge in [-0.05, 0) is 52.0 Å². The van der Waals surface area contributed by atoms with Crippen molar-refractivity contribution < 1.29 is 19.1 Å². The molecule has 166 valence electrons. The molecule has 0 fully saturated rings. The molecule has 9 nitrogen and oxygen atoms in total. The molecule has 1 aliphatic heterocycles. The van der Waals surface area contributed by atoms with E-state index in [0.29, 0.717) is 55.0 Å². The van der Waals surface area contributed by atoms with Crippen LogP contribution in [-0.4, -0.2) is 54.8 Å². The van der Waals surface area contributed by atoms with Gasteiger partial charge >= 0.3 is 6.03 Å². The van der Waals surface area contributed by atoms with E-state index in [0.717, 1.165) is 0 Å². The molecule has 0 bridgehead atoms. The summed E-state index contributed by atoms with van der Waals surface area (Å²) in [6, 6.07) is 8.55. The number of pyridine rings is 1. The molecule has 0 atom stereocenters. The van der Waals surface area contributed by atoms with Crippen molar-refractivity contribution in [3.63, 3.8) is 0 Å². The number of amides is 3. The molecule has 0 saturated carbocycles. The number of nitrogens with zero attached hydrogens (tertiary/aromatic N) is 4. The van der Waals surface area contributed by atoms with Gasteiger partial charge in [0.05, 0.1) is 24.6 Å². The van der Waals surface area contributed by atoms with E-state index in [1.807, 2.05) is 32.7 Å². The lowest BCUT2D eigenvalue weighted by Gasteiger charge is -2.43. The first-order valence-corrected chi connectivity index (χ1v) is 10.5. The highest BCUT2D eigenvalue weighted by molar-refractivity contribution is 6.06. The predicted octanol–water partition coefficient (Wildman–Crippen LogP) is 3.52. The minimum Gasteiger partial charge on any atom is -0.494 e. The zero-order chi connectivity index (χ0) is 22.4. The molecular weight excluding hydrogens is 398 g/mol. The summed E-state index contributed by atoms with van der Waals surface area (Å²) in [5.74, 6) is 1.46. The molecule has 1 aromatic heterocycles. The summed E-state index contributed by atoms with van der Waals surface area (Å²) in [7, 11) is 0. The Kier molecular flexibility index (Phi) is 7.17. The van der Waals surface area contributed by atoms with Crippen molar-refractivity contribution in [2.45, 2.75) is 27.7 Å². The van der Waals surface area contributed by atoms with Crippen LogP contribution in [0.2, 0.25) is 0 Å². The number of benzene rings is 1. The maximum atomic E-state index is 13.1. The third-order valence-corrected chi connectivity index (χ3v) is 4.78. The minimum absolute atomic E-state index is 0.157. The molecule has 1 N–H and O–H groups in total. The first kappa shape index (κ1) is 22.2. The predicted molar refractivity (Wildman–Crippen MR) is 120 cm³/mol. The lowest BCUT2D eigenvalue weighted by atomic mass is 10.2.